The predicted molar refractivity (Wildman–Crippen MR) is 169 cm³/mol. The molecule has 3 aromatic carbocycles. The molecule has 1 unspecified atom stereocenters. The monoisotopic (exact) mass is 620 g/mol. The van der Waals surface area contributed by atoms with Crippen molar-refractivity contribution in [3.05, 3.63) is 127 Å². The highest BCUT2D eigenvalue weighted by atomic mass is 32.1. The predicted octanol–water partition coefficient (Wildman–Crippen LogP) is 4.19. The summed E-state index contributed by atoms with van der Waals surface area (Å²) in [5.41, 5.74) is 4.06. The Morgan fingerprint density at radius 1 is 0.956 bits per heavy atom. The molecule has 0 radical (unpaired) electrons. The molecular formula is C34H28N4O6S. The van der Waals surface area contributed by atoms with Crippen LogP contribution in [-0.4, -0.2) is 40.5 Å². The molecule has 0 spiro atoms. The number of nitrogens with zero attached hydrogens (tertiary/aromatic N) is 4. The van der Waals surface area contributed by atoms with Gasteiger partial charge in [0, 0.05) is 24.2 Å². The molecular weight excluding hydrogens is 592 g/mol. The molecule has 3 heterocycles. The summed E-state index contributed by atoms with van der Waals surface area (Å²) in [5.74, 6) is -0.644. The number of benzene rings is 3. The maximum atomic E-state index is 14.2. The van der Waals surface area contributed by atoms with E-state index in [2.05, 4.69) is 4.99 Å². The number of ether oxygens (including phenoxy) is 3. The van der Waals surface area contributed by atoms with Gasteiger partial charge >= 0.3 is 11.9 Å². The summed E-state index contributed by atoms with van der Waals surface area (Å²) in [6.45, 7) is 3.00. The van der Waals surface area contributed by atoms with Gasteiger partial charge in [-0.3, -0.25) is 14.2 Å². The van der Waals surface area contributed by atoms with Gasteiger partial charge in [0.05, 0.1) is 47.4 Å². The van der Waals surface area contributed by atoms with Crippen LogP contribution < -0.4 is 24.4 Å². The summed E-state index contributed by atoms with van der Waals surface area (Å²) in [6.07, 6.45) is 3.69. The highest BCUT2D eigenvalue weighted by Gasteiger charge is 2.34. The first-order chi connectivity index (χ1) is 21.8. The first kappa shape index (κ1) is 29.5. The minimum absolute atomic E-state index is 0.209. The summed E-state index contributed by atoms with van der Waals surface area (Å²) in [5, 5.41) is 4.87. The van der Waals surface area contributed by atoms with Crippen LogP contribution in [0.2, 0.25) is 0 Å². The first-order valence-corrected chi connectivity index (χ1v) is 14.8. The van der Waals surface area contributed by atoms with E-state index in [1.54, 1.807) is 35.9 Å². The van der Waals surface area contributed by atoms with Crippen LogP contribution in [0.25, 0.3) is 23.0 Å². The van der Waals surface area contributed by atoms with Gasteiger partial charge in [-0.15, -0.1) is 0 Å². The number of hydrogen-bond donors (Lipinski definition) is 0. The largest absolute Gasteiger partial charge is 0.493 e. The maximum absolute atomic E-state index is 14.2. The Morgan fingerprint density at radius 3 is 2.33 bits per heavy atom. The van der Waals surface area contributed by atoms with E-state index in [1.807, 2.05) is 66.9 Å². The minimum atomic E-state index is -0.878. The van der Waals surface area contributed by atoms with Crippen molar-refractivity contribution in [2.24, 2.45) is 4.99 Å². The van der Waals surface area contributed by atoms with E-state index in [-0.39, 0.29) is 22.6 Å². The average Bonchev–Trinajstić information content (AvgIpc) is 3.61. The van der Waals surface area contributed by atoms with Crippen molar-refractivity contribution in [3.63, 3.8) is 0 Å². The van der Waals surface area contributed by atoms with Gasteiger partial charge in [-0.2, -0.15) is 5.10 Å². The van der Waals surface area contributed by atoms with Crippen LogP contribution in [0.15, 0.2) is 106 Å². The fourth-order valence-electron chi connectivity index (χ4n) is 5.27. The average molecular weight is 621 g/mol. The van der Waals surface area contributed by atoms with E-state index in [1.165, 1.54) is 37.0 Å². The highest BCUT2D eigenvalue weighted by Crippen LogP contribution is 2.36. The lowest BCUT2D eigenvalue weighted by Gasteiger charge is -2.25. The van der Waals surface area contributed by atoms with Crippen molar-refractivity contribution in [2.45, 2.75) is 19.9 Å². The van der Waals surface area contributed by atoms with Gasteiger partial charge in [0.1, 0.15) is 0 Å². The van der Waals surface area contributed by atoms with E-state index in [0.29, 0.717) is 26.3 Å². The number of fused-ring (bicyclic) bond motifs is 1. The molecule has 1 atom stereocenters. The van der Waals surface area contributed by atoms with E-state index < -0.39 is 18.0 Å². The molecule has 1 aliphatic rings. The van der Waals surface area contributed by atoms with Gasteiger partial charge in [0.2, 0.25) is 0 Å². The third-order valence-corrected chi connectivity index (χ3v) is 8.26. The van der Waals surface area contributed by atoms with Crippen LogP contribution in [0.4, 0.5) is 0 Å². The Hall–Kier alpha value is -5.55. The van der Waals surface area contributed by atoms with Crippen molar-refractivity contribution in [3.8, 4) is 28.4 Å². The Labute approximate surface area is 261 Å². The number of carbonyl (C=O) groups is 2. The molecule has 2 aromatic heterocycles. The molecule has 0 aliphatic carbocycles. The standard InChI is InChI=1S/C34H28N4O6S/c1-20-29(33(41)43-4)31(23-15-16-26(44-21(2)39)27(17-23)42-3)38-32(40)28(45-34(38)35-20)18-24-19-37(25-13-9-6-10-14-25)36-30(24)22-11-7-5-8-12-22/h5-19,31H,1-4H3. The van der Waals surface area contributed by atoms with Crippen LogP contribution in [0.1, 0.15) is 31.0 Å². The van der Waals surface area contributed by atoms with Crippen molar-refractivity contribution < 1.29 is 23.8 Å². The maximum Gasteiger partial charge on any atom is 0.338 e. The fourth-order valence-corrected chi connectivity index (χ4v) is 6.31. The van der Waals surface area contributed by atoms with E-state index in [9.17, 15) is 14.4 Å². The lowest BCUT2D eigenvalue weighted by Crippen LogP contribution is -2.39. The number of hydrogen-bond acceptors (Lipinski definition) is 9. The van der Waals surface area contributed by atoms with Crippen LogP contribution in [0, 0.1) is 0 Å². The van der Waals surface area contributed by atoms with E-state index >= 15 is 0 Å². The Kier molecular flexibility index (Phi) is 8.01. The number of esters is 2. The molecule has 0 fully saturated rings. The zero-order chi connectivity index (χ0) is 31.7. The molecule has 0 saturated heterocycles. The number of aromatic nitrogens is 3. The molecule has 10 nitrogen and oxygen atoms in total. The van der Waals surface area contributed by atoms with Crippen LogP contribution >= 0.6 is 11.3 Å². The second-order valence-corrected chi connectivity index (χ2v) is 11.2. The van der Waals surface area contributed by atoms with Crippen molar-refractivity contribution in [2.75, 3.05) is 14.2 Å². The van der Waals surface area contributed by atoms with Gasteiger partial charge in [-0.1, -0.05) is 65.9 Å². The fraction of sp³-hybridized carbons (Fsp3) is 0.147. The summed E-state index contributed by atoms with van der Waals surface area (Å²) in [6, 6.07) is 23.5. The Morgan fingerprint density at radius 2 is 1.67 bits per heavy atom. The van der Waals surface area contributed by atoms with Crippen LogP contribution in [0.3, 0.4) is 0 Å². The third-order valence-electron chi connectivity index (χ3n) is 7.28. The van der Waals surface area contributed by atoms with Gasteiger partial charge in [0.25, 0.3) is 5.56 Å². The van der Waals surface area contributed by atoms with Gasteiger partial charge in [-0.05, 0) is 42.8 Å². The minimum Gasteiger partial charge on any atom is -0.493 e. The van der Waals surface area contributed by atoms with Gasteiger partial charge in [-0.25, -0.2) is 14.5 Å². The molecule has 0 saturated carbocycles. The summed E-state index contributed by atoms with van der Waals surface area (Å²) in [7, 11) is 2.73. The van der Waals surface area contributed by atoms with Gasteiger partial charge in [0.15, 0.2) is 16.3 Å². The zero-order valence-electron chi connectivity index (χ0n) is 24.9. The van der Waals surface area contributed by atoms with Crippen molar-refractivity contribution in [1.29, 1.82) is 0 Å². The van der Waals surface area contributed by atoms with Gasteiger partial charge < -0.3 is 14.2 Å². The second-order valence-electron chi connectivity index (χ2n) is 10.2. The van der Waals surface area contributed by atoms with Crippen LogP contribution in [-0.2, 0) is 14.3 Å². The molecule has 0 bridgehead atoms. The molecule has 45 heavy (non-hydrogen) atoms. The SMILES string of the molecule is COC(=O)C1=C(C)N=c2sc(=Cc3cn(-c4ccccc4)nc3-c3ccccc3)c(=O)n2C1c1ccc(OC(C)=O)c(OC)c1. The highest BCUT2D eigenvalue weighted by molar-refractivity contribution is 7.07. The number of thiazole rings is 1. The molecule has 0 amide bonds. The first-order valence-electron chi connectivity index (χ1n) is 14.0. The number of carbonyl (C=O) groups excluding carboxylic acids is 2. The number of rotatable bonds is 7. The zero-order valence-corrected chi connectivity index (χ0v) is 25.7. The van der Waals surface area contributed by atoms with Crippen molar-refractivity contribution in [1.82, 2.24) is 14.3 Å². The molecule has 1 aliphatic heterocycles. The Balaban J connectivity index is 1.56. The molecule has 226 valence electrons. The molecule has 6 rings (SSSR count). The summed E-state index contributed by atoms with van der Waals surface area (Å²) >= 11 is 1.22. The number of methoxy groups -OCH3 is 2. The Bertz CT molecular complexity index is 2150. The number of para-hydroxylation sites is 1. The quantitative estimate of drug-likeness (QED) is 0.198. The van der Waals surface area contributed by atoms with E-state index in [0.717, 1.165) is 16.8 Å². The summed E-state index contributed by atoms with van der Waals surface area (Å²) in [4.78, 5) is 44.1. The van der Waals surface area contributed by atoms with E-state index in [4.69, 9.17) is 19.3 Å². The summed E-state index contributed by atoms with van der Waals surface area (Å²) < 4.78 is 19.6. The molecule has 0 N–H and O–H groups in total. The molecule has 5 aromatic rings. The topological polar surface area (TPSA) is 114 Å². The molecule has 11 heteroatoms. The smallest absolute Gasteiger partial charge is 0.338 e. The third kappa shape index (κ3) is 5.61. The lowest BCUT2D eigenvalue weighted by atomic mass is 9.95. The van der Waals surface area contributed by atoms with Crippen molar-refractivity contribution >= 4 is 29.4 Å². The lowest BCUT2D eigenvalue weighted by molar-refractivity contribution is -0.136. The van der Waals surface area contributed by atoms with Crippen LogP contribution in [0.5, 0.6) is 11.5 Å². The second kappa shape index (κ2) is 12.2. The normalized spacial score (nSPS) is 14.5. The number of allylic oxidation sites excluding steroid dienone is 1.